The second-order valence-electron chi connectivity index (χ2n) is 5.73. The molecule has 1 fully saturated rings. The van der Waals surface area contributed by atoms with Crippen LogP contribution in [-0.2, 0) is 9.84 Å². The van der Waals surface area contributed by atoms with Crippen LogP contribution in [0.1, 0.15) is 51.9 Å². The molecule has 0 radical (unpaired) electrons. The zero-order chi connectivity index (χ0) is 13.6. The molecule has 4 nitrogen and oxygen atoms in total. The largest absolute Gasteiger partial charge is 0.271 e. The molecule has 18 heavy (non-hydrogen) atoms. The van der Waals surface area contributed by atoms with E-state index < -0.39 is 9.84 Å². The Morgan fingerprint density at radius 3 is 2.33 bits per heavy atom. The van der Waals surface area contributed by atoms with Crippen LogP contribution in [0.2, 0.25) is 0 Å². The lowest BCUT2D eigenvalue weighted by atomic mass is 9.77. The zero-order valence-electron chi connectivity index (χ0n) is 11.7. The summed E-state index contributed by atoms with van der Waals surface area (Å²) in [5, 5.41) is 0. The predicted molar refractivity (Wildman–Crippen MR) is 75.8 cm³/mol. The molecule has 0 heterocycles. The highest BCUT2D eigenvalue weighted by atomic mass is 32.2. The van der Waals surface area contributed by atoms with Crippen molar-refractivity contribution < 1.29 is 8.42 Å². The lowest BCUT2D eigenvalue weighted by Gasteiger charge is -2.33. The van der Waals surface area contributed by atoms with Crippen molar-refractivity contribution in [1.82, 2.24) is 5.43 Å². The van der Waals surface area contributed by atoms with E-state index in [-0.39, 0.29) is 11.8 Å². The van der Waals surface area contributed by atoms with E-state index in [0.29, 0.717) is 12.3 Å². The molecule has 1 saturated carbocycles. The van der Waals surface area contributed by atoms with E-state index in [1.807, 2.05) is 0 Å². The van der Waals surface area contributed by atoms with Crippen LogP contribution >= 0.6 is 0 Å². The fraction of sp³-hybridized carbons (Fsp3) is 1.00. The molecule has 0 aliphatic heterocycles. The summed E-state index contributed by atoms with van der Waals surface area (Å²) >= 11 is 0. The average Bonchev–Trinajstić information content (AvgIpc) is 2.34. The molecule has 1 aliphatic rings. The van der Waals surface area contributed by atoms with Gasteiger partial charge < -0.3 is 0 Å². The van der Waals surface area contributed by atoms with Gasteiger partial charge in [0.25, 0.3) is 0 Å². The van der Waals surface area contributed by atoms with Crippen LogP contribution in [0.3, 0.4) is 0 Å². The lowest BCUT2D eigenvalue weighted by Crippen LogP contribution is -2.42. The quantitative estimate of drug-likeness (QED) is 0.550. The number of hydrogen-bond acceptors (Lipinski definition) is 4. The summed E-state index contributed by atoms with van der Waals surface area (Å²) < 4.78 is 22.2. The van der Waals surface area contributed by atoms with E-state index in [1.54, 1.807) is 0 Å². The van der Waals surface area contributed by atoms with Crippen molar-refractivity contribution in [3.05, 3.63) is 0 Å². The maximum absolute atomic E-state index is 11.1. The summed E-state index contributed by atoms with van der Waals surface area (Å²) in [4.78, 5) is 0. The molecule has 0 spiro atoms. The van der Waals surface area contributed by atoms with Gasteiger partial charge in [-0.25, -0.2) is 8.42 Å². The highest BCUT2D eigenvalue weighted by Crippen LogP contribution is 2.33. The van der Waals surface area contributed by atoms with Crippen molar-refractivity contribution in [3.63, 3.8) is 0 Å². The first-order chi connectivity index (χ1) is 8.46. The van der Waals surface area contributed by atoms with Gasteiger partial charge in [0.15, 0.2) is 0 Å². The highest BCUT2D eigenvalue weighted by Gasteiger charge is 2.26. The molecule has 1 atom stereocenters. The topological polar surface area (TPSA) is 72.2 Å². The second-order valence-corrected chi connectivity index (χ2v) is 7.99. The van der Waals surface area contributed by atoms with Crippen molar-refractivity contribution in [1.29, 1.82) is 0 Å². The van der Waals surface area contributed by atoms with Gasteiger partial charge >= 0.3 is 0 Å². The van der Waals surface area contributed by atoms with Crippen LogP contribution in [-0.4, -0.2) is 26.5 Å². The monoisotopic (exact) mass is 276 g/mol. The SMILES string of the molecule is CCC1CCC(C(CCCS(C)(=O)=O)NN)CC1. The second kappa shape index (κ2) is 7.46. The molecular weight excluding hydrogens is 248 g/mol. The van der Waals surface area contributed by atoms with Crippen LogP contribution in [0, 0.1) is 11.8 Å². The minimum absolute atomic E-state index is 0.273. The van der Waals surface area contributed by atoms with Gasteiger partial charge in [0.1, 0.15) is 9.84 Å². The number of sulfone groups is 1. The van der Waals surface area contributed by atoms with E-state index in [1.165, 1.54) is 38.4 Å². The smallest absolute Gasteiger partial charge is 0.147 e. The molecule has 5 heteroatoms. The van der Waals surface area contributed by atoms with Gasteiger partial charge in [-0.1, -0.05) is 26.2 Å². The summed E-state index contributed by atoms with van der Waals surface area (Å²) in [7, 11) is -2.84. The number of nitrogens with one attached hydrogen (secondary N) is 1. The van der Waals surface area contributed by atoms with Gasteiger partial charge in [-0.2, -0.15) is 0 Å². The molecule has 1 unspecified atom stereocenters. The van der Waals surface area contributed by atoms with E-state index >= 15 is 0 Å². The Bertz CT molecular complexity index is 322. The first-order valence-electron chi connectivity index (χ1n) is 7.10. The van der Waals surface area contributed by atoms with Gasteiger partial charge in [0.05, 0.1) is 0 Å². The third-order valence-corrected chi connectivity index (χ3v) is 5.31. The van der Waals surface area contributed by atoms with Crippen LogP contribution < -0.4 is 11.3 Å². The van der Waals surface area contributed by atoms with Gasteiger partial charge in [0, 0.05) is 18.1 Å². The normalized spacial score (nSPS) is 27.1. The third-order valence-electron chi connectivity index (χ3n) is 4.28. The summed E-state index contributed by atoms with van der Waals surface area (Å²) in [6.45, 7) is 2.26. The first-order valence-corrected chi connectivity index (χ1v) is 9.16. The van der Waals surface area contributed by atoms with E-state index in [0.717, 1.165) is 12.3 Å². The molecule has 0 aromatic rings. The first kappa shape index (κ1) is 15.9. The molecule has 1 rings (SSSR count). The molecule has 108 valence electrons. The molecule has 0 aromatic carbocycles. The minimum Gasteiger partial charge on any atom is -0.271 e. The van der Waals surface area contributed by atoms with Gasteiger partial charge in [0.2, 0.25) is 0 Å². The Hall–Kier alpha value is -0.130. The number of rotatable bonds is 7. The molecule has 0 bridgehead atoms. The zero-order valence-corrected chi connectivity index (χ0v) is 12.5. The minimum atomic E-state index is -2.84. The Balaban J connectivity index is 2.33. The average molecular weight is 276 g/mol. The molecule has 1 aliphatic carbocycles. The molecule has 3 N–H and O–H groups in total. The lowest BCUT2D eigenvalue weighted by molar-refractivity contribution is 0.211. The Morgan fingerprint density at radius 2 is 1.89 bits per heavy atom. The summed E-state index contributed by atoms with van der Waals surface area (Å²) in [6.07, 6.45) is 9.20. The van der Waals surface area contributed by atoms with E-state index in [9.17, 15) is 8.42 Å². The van der Waals surface area contributed by atoms with Crippen molar-refractivity contribution >= 4 is 9.84 Å². The Labute approximate surface area is 112 Å². The fourth-order valence-electron chi connectivity index (χ4n) is 3.02. The molecular formula is C13H28N2O2S. The fourth-order valence-corrected chi connectivity index (χ4v) is 3.71. The molecule has 0 aromatic heterocycles. The standard InChI is InChI=1S/C13H28N2O2S/c1-3-11-6-8-12(9-7-11)13(15-14)5-4-10-18(2,16)17/h11-13,15H,3-10,14H2,1-2H3. The predicted octanol–water partition coefficient (Wildman–Crippen LogP) is 1.86. The van der Waals surface area contributed by atoms with Crippen LogP contribution in [0.4, 0.5) is 0 Å². The maximum Gasteiger partial charge on any atom is 0.147 e. The van der Waals surface area contributed by atoms with Crippen molar-refractivity contribution in [2.75, 3.05) is 12.0 Å². The van der Waals surface area contributed by atoms with Crippen LogP contribution in [0.25, 0.3) is 0 Å². The Kier molecular flexibility index (Phi) is 6.60. The summed E-state index contributed by atoms with van der Waals surface area (Å²) in [5.41, 5.74) is 2.90. The number of hydrazine groups is 1. The van der Waals surface area contributed by atoms with Crippen molar-refractivity contribution in [2.24, 2.45) is 17.7 Å². The summed E-state index contributed by atoms with van der Waals surface area (Å²) in [5.74, 6) is 7.40. The van der Waals surface area contributed by atoms with Gasteiger partial charge in [-0.3, -0.25) is 11.3 Å². The van der Waals surface area contributed by atoms with E-state index in [2.05, 4.69) is 12.3 Å². The number of hydrogen-bond donors (Lipinski definition) is 2. The molecule has 0 amide bonds. The summed E-state index contributed by atoms with van der Waals surface area (Å²) in [6, 6.07) is 0.282. The number of nitrogens with two attached hydrogens (primary N) is 1. The Morgan fingerprint density at radius 1 is 1.28 bits per heavy atom. The van der Waals surface area contributed by atoms with Gasteiger partial charge in [-0.15, -0.1) is 0 Å². The highest BCUT2D eigenvalue weighted by molar-refractivity contribution is 7.90. The maximum atomic E-state index is 11.1. The van der Waals surface area contributed by atoms with Crippen LogP contribution in [0.5, 0.6) is 0 Å². The van der Waals surface area contributed by atoms with Crippen LogP contribution in [0.15, 0.2) is 0 Å². The van der Waals surface area contributed by atoms with Gasteiger partial charge in [-0.05, 0) is 37.5 Å². The van der Waals surface area contributed by atoms with Crippen molar-refractivity contribution in [2.45, 2.75) is 57.9 Å². The van der Waals surface area contributed by atoms with Crippen molar-refractivity contribution in [3.8, 4) is 0 Å². The third kappa shape index (κ3) is 5.67. The van der Waals surface area contributed by atoms with E-state index in [4.69, 9.17) is 5.84 Å². The molecule has 0 saturated heterocycles.